The number of methoxy groups -OCH3 is 2. The van der Waals surface area contributed by atoms with E-state index in [0.717, 1.165) is 5.56 Å². The molecular formula is C22H27NO5. The van der Waals surface area contributed by atoms with Gasteiger partial charge in [-0.15, -0.1) is 0 Å². The van der Waals surface area contributed by atoms with Crippen molar-refractivity contribution in [1.82, 2.24) is 4.90 Å². The Kier molecular flexibility index (Phi) is 8.34. The van der Waals surface area contributed by atoms with Gasteiger partial charge in [0.1, 0.15) is 0 Å². The Morgan fingerprint density at radius 3 is 2.29 bits per heavy atom. The van der Waals surface area contributed by atoms with E-state index in [4.69, 9.17) is 14.2 Å². The normalized spacial score (nSPS) is 10.2. The van der Waals surface area contributed by atoms with Crippen molar-refractivity contribution in [3.05, 3.63) is 59.7 Å². The lowest BCUT2D eigenvalue weighted by atomic mass is 10.1. The van der Waals surface area contributed by atoms with Crippen molar-refractivity contribution in [3.8, 4) is 11.5 Å². The highest BCUT2D eigenvalue weighted by molar-refractivity contribution is 5.95. The Bertz CT molecular complexity index is 776. The summed E-state index contributed by atoms with van der Waals surface area (Å²) in [7, 11) is 3.07. The van der Waals surface area contributed by atoms with Crippen LogP contribution in [0.15, 0.2) is 48.5 Å². The lowest BCUT2D eigenvalue weighted by molar-refractivity contribution is -0.143. The highest BCUT2D eigenvalue weighted by Gasteiger charge is 2.19. The van der Waals surface area contributed by atoms with E-state index in [1.165, 1.54) is 7.11 Å². The fourth-order valence-corrected chi connectivity index (χ4v) is 2.83. The summed E-state index contributed by atoms with van der Waals surface area (Å²) in [5.41, 5.74) is 1.61. The molecule has 0 bridgehead atoms. The van der Waals surface area contributed by atoms with Crippen molar-refractivity contribution < 1.29 is 23.8 Å². The molecule has 1 amide bonds. The molecule has 2 rings (SSSR count). The van der Waals surface area contributed by atoms with Crippen LogP contribution in [0, 0.1) is 0 Å². The van der Waals surface area contributed by atoms with Crippen molar-refractivity contribution in [1.29, 1.82) is 0 Å². The van der Waals surface area contributed by atoms with Gasteiger partial charge in [0.25, 0.3) is 5.91 Å². The van der Waals surface area contributed by atoms with Gasteiger partial charge < -0.3 is 19.1 Å². The first-order valence-electron chi connectivity index (χ1n) is 9.29. The molecule has 2 aromatic rings. The summed E-state index contributed by atoms with van der Waals surface area (Å²) in [5, 5.41) is 0. The monoisotopic (exact) mass is 385 g/mol. The van der Waals surface area contributed by atoms with Crippen molar-refractivity contribution in [2.24, 2.45) is 0 Å². The number of rotatable bonds is 10. The Balaban J connectivity index is 2.16. The summed E-state index contributed by atoms with van der Waals surface area (Å²) in [6, 6.07) is 15.0. The molecule has 0 saturated carbocycles. The molecule has 0 aliphatic heterocycles. The fourth-order valence-electron chi connectivity index (χ4n) is 2.83. The first-order valence-corrected chi connectivity index (χ1v) is 9.29. The number of benzene rings is 2. The van der Waals surface area contributed by atoms with Crippen LogP contribution in [0.2, 0.25) is 0 Å². The average Bonchev–Trinajstić information content (AvgIpc) is 2.73. The first kappa shape index (κ1) is 21.3. The van der Waals surface area contributed by atoms with Gasteiger partial charge in [0, 0.05) is 18.7 Å². The number of hydrogen-bond donors (Lipinski definition) is 0. The maximum absolute atomic E-state index is 13.1. The number of nitrogens with zero attached hydrogens (tertiary/aromatic N) is 1. The van der Waals surface area contributed by atoms with Gasteiger partial charge >= 0.3 is 5.97 Å². The summed E-state index contributed by atoms with van der Waals surface area (Å²) in [6.45, 7) is 2.88. The lowest BCUT2D eigenvalue weighted by Gasteiger charge is -2.23. The highest BCUT2D eigenvalue weighted by Crippen LogP contribution is 2.28. The SMILES string of the molecule is CCOC(=O)CCN(CCc1ccccc1)C(=O)c1ccc(OC)c(OC)c1. The van der Waals surface area contributed by atoms with Gasteiger partial charge in [-0.25, -0.2) is 0 Å². The van der Waals surface area contributed by atoms with E-state index in [-0.39, 0.29) is 18.3 Å². The molecule has 28 heavy (non-hydrogen) atoms. The Morgan fingerprint density at radius 1 is 0.929 bits per heavy atom. The molecule has 150 valence electrons. The van der Waals surface area contributed by atoms with Gasteiger partial charge in [0.2, 0.25) is 0 Å². The van der Waals surface area contributed by atoms with E-state index in [2.05, 4.69) is 0 Å². The van der Waals surface area contributed by atoms with E-state index in [1.807, 2.05) is 30.3 Å². The molecule has 0 fully saturated rings. The van der Waals surface area contributed by atoms with Gasteiger partial charge in [-0.05, 0) is 37.1 Å². The van der Waals surface area contributed by atoms with Crippen molar-refractivity contribution in [2.75, 3.05) is 33.9 Å². The summed E-state index contributed by atoms with van der Waals surface area (Å²) in [5.74, 6) is 0.566. The molecule has 0 aliphatic carbocycles. The molecule has 0 heterocycles. The second-order valence-electron chi connectivity index (χ2n) is 6.15. The number of ether oxygens (including phenoxy) is 3. The maximum Gasteiger partial charge on any atom is 0.307 e. The molecule has 0 aliphatic rings. The number of carbonyl (C=O) groups excluding carboxylic acids is 2. The van der Waals surface area contributed by atoms with E-state index in [0.29, 0.717) is 43.2 Å². The zero-order valence-corrected chi connectivity index (χ0v) is 16.6. The van der Waals surface area contributed by atoms with Crippen molar-refractivity contribution in [3.63, 3.8) is 0 Å². The molecule has 6 heteroatoms. The second-order valence-corrected chi connectivity index (χ2v) is 6.15. The average molecular weight is 385 g/mol. The topological polar surface area (TPSA) is 65.1 Å². The molecule has 0 radical (unpaired) electrons. The molecule has 0 atom stereocenters. The predicted molar refractivity (Wildman–Crippen MR) is 107 cm³/mol. The van der Waals surface area contributed by atoms with E-state index >= 15 is 0 Å². The Hall–Kier alpha value is -3.02. The maximum atomic E-state index is 13.1. The fraction of sp³-hybridized carbons (Fsp3) is 0.364. The Morgan fingerprint density at radius 2 is 1.64 bits per heavy atom. The van der Waals surface area contributed by atoms with Gasteiger partial charge in [-0.3, -0.25) is 9.59 Å². The van der Waals surface area contributed by atoms with Crippen molar-refractivity contribution in [2.45, 2.75) is 19.8 Å². The van der Waals surface area contributed by atoms with E-state index < -0.39 is 0 Å². The minimum absolute atomic E-state index is 0.154. The van der Waals surface area contributed by atoms with Crippen LogP contribution in [0.4, 0.5) is 0 Å². The third kappa shape index (κ3) is 6.01. The van der Waals surface area contributed by atoms with Crippen LogP contribution in [-0.4, -0.2) is 50.7 Å². The van der Waals surface area contributed by atoms with Gasteiger partial charge in [-0.1, -0.05) is 30.3 Å². The van der Waals surface area contributed by atoms with Crippen LogP contribution in [0.1, 0.15) is 29.3 Å². The van der Waals surface area contributed by atoms with Gasteiger partial charge in [-0.2, -0.15) is 0 Å². The molecule has 0 spiro atoms. The first-order chi connectivity index (χ1) is 13.6. The predicted octanol–water partition coefficient (Wildman–Crippen LogP) is 3.34. The number of esters is 1. The minimum atomic E-state index is -0.313. The number of hydrogen-bond acceptors (Lipinski definition) is 5. The number of carbonyl (C=O) groups is 2. The molecule has 0 unspecified atom stereocenters. The molecular weight excluding hydrogens is 358 g/mol. The molecule has 0 saturated heterocycles. The van der Waals surface area contributed by atoms with Gasteiger partial charge in [0.15, 0.2) is 11.5 Å². The largest absolute Gasteiger partial charge is 0.493 e. The van der Waals surface area contributed by atoms with Crippen LogP contribution in [0.3, 0.4) is 0 Å². The zero-order valence-electron chi connectivity index (χ0n) is 16.6. The third-order valence-electron chi connectivity index (χ3n) is 4.32. The van der Waals surface area contributed by atoms with Crippen LogP contribution < -0.4 is 9.47 Å². The molecule has 0 N–H and O–H groups in total. The molecule has 0 aromatic heterocycles. The van der Waals surface area contributed by atoms with E-state index in [9.17, 15) is 9.59 Å². The van der Waals surface area contributed by atoms with Crippen LogP contribution >= 0.6 is 0 Å². The van der Waals surface area contributed by atoms with Gasteiger partial charge in [0.05, 0.1) is 27.2 Å². The smallest absolute Gasteiger partial charge is 0.307 e. The number of amides is 1. The summed E-state index contributed by atoms with van der Waals surface area (Å²) < 4.78 is 15.5. The highest BCUT2D eigenvalue weighted by atomic mass is 16.5. The summed E-state index contributed by atoms with van der Waals surface area (Å²) in [4.78, 5) is 26.5. The second kappa shape index (κ2) is 11.0. The third-order valence-corrected chi connectivity index (χ3v) is 4.32. The van der Waals surface area contributed by atoms with Crippen molar-refractivity contribution >= 4 is 11.9 Å². The Labute approximate surface area is 166 Å². The van der Waals surface area contributed by atoms with Crippen LogP contribution in [-0.2, 0) is 16.0 Å². The van der Waals surface area contributed by atoms with Crippen LogP contribution in [0.25, 0.3) is 0 Å². The van der Waals surface area contributed by atoms with Crippen LogP contribution in [0.5, 0.6) is 11.5 Å². The standard InChI is InChI=1S/C22H27NO5/c1-4-28-21(24)13-15-23(14-12-17-8-6-5-7-9-17)22(25)18-10-11-19(26-2)20(16-18)27-3/h5-11,16H,4,12-15H2,1-3H3. The lowest BCUT2D eigenvalue weighted by Crippen LogP contribution is -2.35. The summed E-state index contributed by atoms with van der Waals surface area (Å²) >= 11 is 0. The van der Waals surface area contributed by atoms with E-state index in [1.54, 1.807) is 37.1 Å². The summed E-state index contributed by atoms with van der Waals surface area (Å²) in [6.07, 6.45) is 0.852. The quantitative estimate of drug-likeness (QED) is 0.587. The minimum Gasteiger partial charge on any atom is -0.493 e. The molecule has 6 nitrogen and oxygen atoms in total. The molecule has 2 aromatic carbocycles. The zero-order chi connectivity index (χ0) is 20.4.